The Morgan fingerprint density at radius 1 is 1.46 bits per heavy atom. The maximum Gasteiger partial charge on any atom is 0.0692 e. The van der Waals surface area contributed by atoms with E-state index >= 15 is 0 Å². The lowest BCUT2D eigenvalue weighted by Gasteiger charge is -2.03. The van der Waals surface area contributed by atoms with Crippen LogP contribution in [0.3, 0.4) is 0 Å². The van der Waals surface area contributed by atoms with Crippen molar-refractivity contribution in [1.82, 2.24) is 20.3 Å². The number of hydrogen-bond donors (Lipinski definition) is 1. The fraction of sp³-hybridized carbons (Fsp3) is 0.750. The summed E-state index contributed by atoms with van der Waals surface area (Å²) >= 11 is 0. The normalized spacial score (nSPS) is 10.5. The van der Waals surface area contributed by atoms with Crippen molar-refractivity contribution in [3.63, 3.8) is 0 Å². The molecule has 0 bridgehead atoms. The van der Waals surface area contributed by atoms with Crippen LogP contribution in [-0.2, 0) is 11.3 Å². The van der Waals surface area contributed by atoms with Gasteiger partial charge in [0.1, 0.15) is 0 Å². The molecule has 1 aromatic rings. The minimum Gasteiger partial charge on any atom is -0.385 e. The molecule has 0 amide bonds. The smallest absolute Gasteiger partial charge is 0.0692 e. The number of aromatic nitrogens is 3. The van der Waals surface area contributed by atoms with E-state index in [1.54, 1.807) is 13.3 Å². The highest BCUT2D eigenvalue weighted by Gasteiger charge is 1.90. The molecule has 1 N–H and O–H groups in total. The standard InChI is InChI=1S/C8H16N4O/c1-13-8-2-3-9-4-6-12-7-5-10-11-12/h5,7,9H,2-4,6,8H2,1H3. The number of rotatable bonds is 7. The van der Waals surface area contributed by atoms with Gasteiger partial charge in [0.25, 0.3) is 0 Å². The fourth-order valence-electron chi connectivity index (χ4n) is 1.01. The summed E-state index contributed by atoms with van der Waals surface area (Å²) in [4.78, 5) is 0. The second-order valence-electron chi connectivity index (χ2n) is 2.76. The molecule has 0 aromatic carbocycles. The van der Waals surface area contributed by atoms with Crippen LogP contribution in [0.1, 0.15) is 6.42 Å². The molecule has 0 aliphatic carbocycles. The highest BCUT2D eigenvalue weighted by molar-refractivity contribution is 4.64. The third-order valence-electron chi connectivity index (χ3n) is 1.69. The van der Waals surface area contributed by atoms with Crippen LogP contribution in [0.2, 0.25) is 0 Å². The van der Waals surface area contributed by atoms with Crippen molar-refractivity contribution in [3.8, 4) is 0 Å². The number of methoxy groups -OCH3 is 1. The van der Waals surface area contributed by atoms with E-state index in [-0.39, 0.29) is 0 Å². The van der Waals surface area contributed by atoms with Crippen LogP contribution in [-0.4, -0.2) is 41.8 Å². The summed E-state index contributed by atoms with van der Waals surface area (Å²) in [5, 5.41) is 10.9. The molecule has 0 radical (unpaired) electrons. The van der Waals surface area contributed by atoms with E-state index in [1.165, 1.54) is 0 Å². The maximum absolute atomic E-state index is 4.93. The van der Waals surface area contributed by atoms with E-state index in [2.05, 4.69) is 15.6 Å². The summed E-state index contributed by atoms with van der Waals surface area (Å²) < 4.78 is 6.74. The molecule has 0 aliphatic heterocycles. The van der Waals surface area contributed by atoms with Crippen LogP contribution in [0.4, 0.5) is 0 Å². The van der Waals surface area contributed by atoms with Gasteiger partial charge in [0.2, 0.25) is 0 Å². The highest BCUT2D eigenvalue weighted by Crippen LogP contribution is 1.80. The third kappa shape index (κ3) is 4.59. The van der Waals surface area contributed by atoms with Crippen molar-refractivity contribution in [2.24, 2.45) is 0 Å². The van der Waals surface area contributed by atoms with Crippen LogP contribution in [0.5, 0.6) is 0 Å². The van der Waals surface area contributed by atoms with E-state index < -0.39 is 0 Å². The summed E-state index contributed by atoms with van der Waals surface area (Å²) in [5.74, 6) is 0. The molecule has 5 nitrogen and oxygen atoms in total. The Bertz CT molecular complexity index is 200. The molecule has 5 heteroatoms. The van der Waals surface area contributed by atoms with Gasteiger partial charge in [0.05, 0.1) is 12.7 Å². The Kier molecular flexibility index (Phi) is 5.12. The number of nitrogens with one attached hydrogen (secondary N) is 1. The zero-order chi connectivity index (χ0) is 9.36. The maximum atomic E-state index is 4.93. The van der Waals surface area contributed by atoms with Gasteiger partial charge in [-0.1, -0.05) is 5.21 Å². The van der Waals surface area contributed by atoms with Crippen molar-refractivity contribution >= 4 is 0 Å². The summed E-state index contributed by atoms with van der Waals surface area (Å²) in [6, 6.07) is 0. The molecule has 0 aliphatic rings. The van der Waals surface area contributed by atoms with Gasteiger partial charge in [-0.05, 0) is 13.0 Å². The van der Waals surface area contributed by atoms with Crippen molar-refractivity contribution in [2.45, 2.75) is 13.0 Å². The van der Waals surface area contributed by atoms with Crippen molar-refractivity contribution in [1.29, 1.82) is 0 Å². The monoisotopic (exact) mass is 184 g/mol. The third-order valence-corrected chi connectivity index (χ3v) is 1.69. The van der Waals surface area contributed by atoms with Crippen LogP contribution >= 0.6 is 0 Å². The van der Waals surface area contributed by atoms with Gasteiger partial charge < -0.3 is 10.1 Å². The predicted molar refractivity (Wildman–Crippen MR) is 49.4 cm³/mol. The topological polar surface area (TPSA) is 52.0 Å². The van der Waals surface area contributed by atoms with Crippen molar-refractivity contribution in [3.05, 3.63) is 12.4 Å². The Labute approximate surface area is 78.1 Å². The zero-order valence-electron chi connectivity index (χ0n) is 7.94. The fourth-order valence-corrected chi connectivity index (χ4v) is 1.01. The van der Waals surface area contributed by atoms with Gasteiger partial charge in [0, 0.05) is 26.5 Å². The molecule has 0 saturated heterocycles. The molecule has 13 heavy (non-hydrogen) atoms. The van der Waals surface area contributed by atoms with Crippen molar-refractivity contribution < 1.29 is 4.74 Å². The largest absolute Gasteiger partial charge is 0.385 e. The minimum absolute atomic E-state index is 0.816. The summed E-state index contributed by atoms with van der Waals surface area (Å²) in [6.45, 7) is 3.60. The molecule has 1 rings (SSSR count). The first-order chi connectivity index (χ1) is 6.43. The molecule has 74 valence electrons. The second kappa shape index (κ2) is 6.56. The summed E-state index contributed by atoms with van der Waals surface area (Å²) in [6.07, 6.45) is 4.59. The average Bonchev–Trinajstić information content (AvgIpc) is 2.63. The van der Waals surface area contributed by atoms with Crippen LogP contribution in [0.15, 0.2) is 12.4 Å². The average molecular weight is 184 g/mol. The molecule has 1 heterocycles. The Balaban J connectivity index is 1.90. The number of nitrogens with zero attached hydrogens (tertiary/aromatic N) is 3. The second-order valence-corrected chi connectivity index (χ2v) is 2.76. The Morgan fingerprint density at radius 2 is 2.38 bits per heavy atom. The van der Waals surface area contributed by atoms with E-state index in [0.717, 1.165) is 32.7 Å². The SMILES string of the molecule is COCCCNCCn1ccnn1. The molecule has 0 atom stereocenters. The molecule has 0 spiro atoms. The van der Waals surface area contributed by atoms with Gasteiger partial charge in [-0.3, -0.25) is 4.68 Å². The Morgan fingerprint density at radius 3 is 3.08 bits per heavy atom. The lowest BCUT2D eigenvalue weighted by molar-refractivity contribution is 0.194. The van der Waals surface area contributed by atoms with Gasteiger partial charge in [-0.25, -0.2) is 0 Å². The summed E-state index contributed by atoms with van der Waals surface area (Å²) in [5.41, 5.74) is 0. The number of hydrogen-bond acceptors (Lipinski definition) is 4. The molecule has 1 aromatic heterocycles. The lowest BCUT2D eigenvalue weighted by Crippen LogP contribution is -2.22. The Hall–Kier alpha value is -0.940. The first-order valence-electron chi connectivity index (χ1n) is 4.47. The number of ether oxygens (including phenoxy) is 1. The van der Waals surface area contributed by atoms with Gasteiger partial charge in [-0.2, -0.15) is 0 Å². The van der Waals surface area contributed by atoms with Crippen LogP contribution in [0.25, 0.3) is 0 Å². The molecular formula is C8H16N4O. The predicted octanol–water partition coefficient (Wildman–Crippen LogP) is -0.0958. The van der Waals surface area contributed by atoms with Crippen LogP contribution < -0.4 is 5.32 Å². The molecular weight excluding hydrogens is 168 g/mol. The van der Waals surface area contributed by atoms with E-state index in [0.29, 0.717) is 0 Å². The van der Waals surface area contributed by atoms with Crippen molar-refractivity contribution in [2.75, 3.05) is 26.8 Å². The van der Waals surface area contributed by atoms with Gasteiger partial charge in [0.15, 0.2) is 0 Å². The van der Waals surface area contributed by atoms with E-state index in [1.807, 2.05) is 10.9 Å². The highest BCUT2D eigenvalue weighted by atomic mass is 16.5. The minimum atomic E-state index is 0.816. The van der Waals surface area contributed by atoms with Gasteiger partial charge in [-0.15, -0.1) is 5.10 Å². The van der Waals surface area contributed by atoms with Crippen LogP contribution in [0, 0.1) is 0 Å². The first-order valence-corrected chi connectivity index (χ1v) is 4.47. The van der Waals surface area contributed by atoms with E-state index in [4.69, 9.17) is 4.74 Å². The molecule has 0 saturated carbocycles. The first kappa shape index (κ1) is 10.1. The quantitative estimate of drug-likeness (QED) is 0.601. The molecule has 0 fully saturated rings. The summed E-state index contributed by atoms with van der Waals surface area (Å²) in [7, 11) is 1.72. The van der Waals surface area contributed by atoms with E-state index in [9.17, 15) is 0 Å². The van der Waals surface area contributed by atoms with Gasteiger partial charge >= 0.3 is 0 Å². The lowest BCUT2D eigenvalue weighted by atomic mass is 10.4. The zero-order valence-corrected chi connectivity index (χ0v) is 7.94. The molecule has 0 unspecified atom stereocenters.